The molecule has 2 aliphatic rings. The monoisotopic (exact) mass is 444 g/mol. The number of pyridine rings is 1. The fraction of sp³-hybridized carbons (Fsp3) is 0.385. The van der Waals surface area contributed by atoms with Gasteiger partial charge in [-0.15, -0.1) is 0 Å². The molecule has 0 N–H and O–H groups in total. The second-order valence-corrected chi connectivity index (χ2v) is 9.11. The van der Waals surface area contributed by atoms with E-state index in [9.17, 15) is 9.70 Å². The molecule has 1 fully saturated rings. The molecule has 0 spiro atoms. The number of nitroso groups, excluding NO2 is 1. The molecule has 3 heterocycles. The van der Waals surface area contributed by atoms with Gasteiger partial charge in [0, 0.05) is 36.6 Å². The molecule has 2 aromatic heterocycles. The minimum atomic E-state index is -0.265. The number of carbonyl (C=O) groups excluding carboxylic acids is 1. The maximum Gasteiger partial charge on any atom is 0.289 e. The molecule has 0 saturated carbocycles. The maximum absolute atomic E-state index is 13.4. The summed E-state index contributed by atoms with van der Waals surface area (Å²) < 4.78 is 6.21. The Morgan fingerprint density at radius 1 is 1.09 bits per heavy atom. The molecule has 5 rings (SSSR count). The van der Waals surface area contributed by atoms with Crippen molar-refractivity contribution < 1.29 is 9.21 Å². The van der Waals surface area contributed by atoms with Crippen molar-refractivity contribution in [2.24, 2.45) is 5.18 Å². The number of piperidine rings is 1. The summed E-state index contributed by atoms with van der Waals surface area (Å²) in [4.78, 5) is 32.8. The highest BCUT2D eigenvalue weighted by Crippen LogP contribution is 2.40. The van der Waals surface area contributed by atoms with Gasteiger partial charge < -0.3 is 14.2 Å². The molecule has 1 aliphatic carbocycles. The van der Waals surface area contributed by atoms with E-state index in [1.54, 1.807) is 12.4 Å². The summed E-state index contributed by atoms with van der Waals surface area (Å²) in [7, 11) is 3.98. The van der Waals surface area contributed by atoms with E-state index in [2.05, 4.69) is 28.2 Å². The first-order chi connectivity index (χ1) is 16.0. The number of carbonyl (C=O) groups is 1. The standard InChI is InChI=1S/C26H28N4O3/c1-29-13-9-20(10-14-29)30(2)26(31)24-16-22(25(33-24)17-7-11-27-12-8-17)19-3-5-21-18(15-19)4-6-23(21)28-32/h3,5,7-8,11-12,15-16,20,23H,4,6,9-10,13-14H2,1-2H3. The fourth-order valence-electron chi connectivity index (χ4n) is 5.02. The average molecular weight is 445 g/mol. The molecular weight excluding hydrogens is 416 g/mol. The molecule has 3 aromatic rings. The van der Waals surface area contributed by atoms with Crippen molar-refractivity contribution in [2.45, 2.75) is 37.8 Å². The molecular formula is C26H28N4O3. The second kappa shape index (κ2) is 8.90. The van der Waals surface area contributed by atoms with Crippen molar-refractivity contribution in [3.63, 3.8) is 0 Å². The van der Waals surface area contributed by atoms with Crippen molar-refractivity contribution >= 4 is 5.91 Å². The highest BCUT2D eigenvalue weighted by atomic mass is 16.4. The molecule has 1 unspecified atom stereocenters. The summed E-state index contributed by atoms with van der Waals surface area (Å²) >= 11 is 0. The summed E-state index contributed by atoms with van der Waals surface area (Å²) in [6.07, 6.45) is 6.93. The highest BCUT2D eigenvalue weighted by Gasteiger charge is 2.29. The predicted octanol–water partition coefficient (Wildman–Crippen LogP) is 4.93. The van der Waals surface area contributed by atoms with Gasteiger partial charge in [-0.1, -0.05) is 23.4 Å². The van der Waals surface area contributed by atoms with E-state index in [0.717, 1.165) is 66.6 Å². The third-order valence-corrected chi connectivity index (χ3v) is 7.07. The Morgan fingerprint density at radius 2 is 1.85 bits per heavy atom. The SMILES string of the molecule is CN1CCC(N(C)C(=O)c2cc(-c3ccc4c(c3)CCC4N=O)c(-c3ccncc3)o2)CC1. The lowest BCUT2D eigenvalue weighted by Crippen LogP contribution is -2.44. The largest absolute Gasteiger partial charge is 0.450 e. The van der Waals surface area contributed by atoms with E-state index < -0.39 is 0 Å². The molecule has 7 heteroatoms. The number of fused-ring (bicyclic) bond motifs is 1. The topological polar surface area (TPSA) is 79.0 Å². The van der Waals surface area contributed by atoms with Crippen LogP contribution in [0, 0.1) is 4.91 Å². The van der Waals surface area contributed by atoms with Gasteiger partial charge in [0.1, 0.15) is 11.8 Å². The minimum Gasteiger partial charge on any atom is -0.450 e. The van der Waals surface area contributed by atoms with Crippen LogP contribution in [-0.2, 0) is 6.42 Å². The fourth-order valence-corrected chi connectivity index (χ4v) is 5.02. The summed E-state index contributed by atoms with van der Waals surface area (Å²) in [5.41, 5.74) is 4.84. The van der Waals surface area contributed by atoms with Crippen LogP contribution in [0.5, 0.6) is 0 Å². The maximum atomic E-state index is 13.4. The number of likely N-dealkylation sites (tertiary alicyclic amines) is 1. The first-order valence-corrected chi connectivity index (χ1v) is 11.5. The molecule has 7 nitrogen and oxygen atoms in total. The molecule has 1 amide bonds. The lowest BCUT2D eigenvalue weighted by molar-refractivity contribution is 0.0629. The molecule has 0 bridgehead atoms. The molecule has 1 saturated heterocycles. The smallest absolute Gasteiger partial charge is 0.289 e. The summed E-state index contributed by atoms with van der Waals surface area (Å²) in [6, 6.07) is 11.7. The Hall–Kier alpha value is -3.32. The van der Waals surface area contributed by atoms with Crippen LogP contribution in [0.4, 0.5) is 0 Å². The van der Waals surface area contributed by atoms with Crippen molar-refractivity contribution in [1.29, 1.82) is 0 Å². The number of nitrogens with zero attached hydrogens (tertiary/aromatic N) is 4. The number of furan rings is 1. The van der Waals surface area contributed by atoms with Crippen molar-refractivity contribution in [2.75, 3.05) is 27.2 Å². The van der Waals surface area contributed by atoms with Gasteiger partial charge in [-0.2, -0.15) is 4.91 Å². The molecule has 1 aromatic carbocycles. The van der Waals surface area contributed by atoms with Gasteiger partial charge in [-0.3, -0.25) is 9.78 Å². The Morgan fingerprint density at radius 3 is 2.58 bits per heavy atom. The quantitative estimate of drug-likeness (QED) is 0.522. The van der Waals surface area contributed by atoms with Gasteiger partial charge in [0.15, 0.2) is 5.76 Å². The van der Waals surface area contributed by atoms with Gasteiger partial charge in [0.05, 0.1) is 0 Å². The third kappa shape index (κ3) is 4.09. The Balaban J connectivity index is 1.51. The van der Waals surface area contributed by atoms with Crippen LogP contribution in [0.25, 0.3) is 22.5 Å². The van der Waals surface area contributed by atoms with E-state index >= 15 is 0 Å². The first kappa shape index (κ1) is 21.5. The van der Waals surface area contributed by atoms with Crippen molar-refractivity contribution in [3.8, 4) is 22.5 Å². The van der Waals surface area contributed by atoms with Gasteiger partial charge in [-0.25, -0.2) is 0 Å². The van der Waals surface area contributed by atoms with Gasteiger partial charge in [-0.05, 0) is 80.7 Å². The van der Waals surface area contributed by atoms with Crippen LogP contribution in [0.3, 0.4) is 0 Å². The number of hydrogen-bond donors (Lipinski definition) is 0. The summed E-state index contributed by atoms with van der Waals surface area (Å²) in [6.45, 7) is 1.97. The van der Waals surface area contributed by atoms with E-state index in [0.29, 0.717) is 11.5 Å². The predicted molar refractivity (Wildman–Crippen MR) is 127 cm³/mol. The number of amides is 1. The number of hydrogen-bond acceptors (Lipinski definition) is 6. The zero-order valence-electron chi connectivity index (χ0n) is 19.0. The third-order valence-electron chi connectivity index (χ3n) is 7.07. The highest BCUT2D eigenvalue weighted by molar-refractivity contribution is 5.95. The lowest BCUT2D eigenvalue weighted by Gasteiger charge is -2.34. The van der Waals surface area contributed by atoms with Crippen LogP contribution in [0.2, 0.25) is 0 Å². The molecule has 33 heavy (non-hydrogen) atoms. The van der Waals surface area contributed by atoms with Crippen LogP contribution < -0.4 is 0 Å². The van der Waals surface area contributed by atoms with Gasteiger partial charge in [0.25, 0.3) is 5.91 Å². The molecule has 1 atom stereocenters. The summed E-state index contributed by atoms with van der Waals surface area (Å²) in [5, 5.41) is 3.26. The van der Waals surface area contributed by atoms with Crippen LogP contribution in [0.15, 0.2) is 58.4 Å². The Kier molecular flexibility index (Phi) is 5.81. The zero-order chi connectivity index (χ0) is 22.9. The molecule has 170 valence electrons. The molecule has 1 aliphatic heterocycles. The van der Waals surface area contributed by atoms with E-state index in [4.69, 9.17) is 4.42 Å². The van der Waals surface area contributed by atoms with Crippen LogP contribution >= 0.6 is 0 Å². The van der Waals surface area contributed by atoms with E-state index in [-0.39, 0.29) is 18.0 Å². The van der Waals surface area contributed by atoms with Crippen molar-refractivity contribution in [1.82, 2.24) is 14.8 Å². The summed E-state index contributed by atoms with van der Waals surface area (Å²) in [5.74, 6) is 0.893. The van der Waals surface area contributed by atoms with E-state index in [1.165, 1.54) is 0 Å². The number of aromatic nitrogens is 1. The minimum absolute atomic E-state index is 0.0995. The average Bonchev–Trinajstić information content (AvgIpc) is 3.48. The zero-order valence-corrected chi connectivity index (χ0v) is 19.0. The Labute approximate surface area is 193 Å². The van der Waals surface area contributed by atoms with E-state index in [1.807, 2.05) is 42.3 Å². The Bertz CT molecular complexity index is 1170. The lowest BCUT2D eigenvalue weighted by atomic mass is 9.98. The van der Waals surface area contributed by atoms with Crippen molar-refractivity contribution in [3.05, 3.63) is 70.6 Å². The number of aryl methyl sites for hydroxylation is 1. The normalized spacial score (nSPS) is 18.8. The molecule has 0 radical (unpaired) electrons. The van der Waals surface area contributed by atoms with Gasteiger partial charge >= 0.3 is 0 Å². The number of rotatable bonds is 5. The van der Waals surface area contributed by atoms with Gasteiger partial charge in [0.2, 0.25) is 0 Å². The van der Waals surface area contributed by atoms with Crippen LogP contribution in [0.1, 0.15) is 47.0 Å². The van der Waals surface area contributed by atoms with Crippen LogP contribution in [-0.4, -0.2) is 53.9 Å². The number of benzene rings is 1. The second-order valence-electron chi connectivity index (χ2n) is 9.11. The first-order valence-electron chi connectivity index (χ1n) is 11.5.